The zero-order chi connectivity index (χ0) is 16.2. The molecule has 3 rings (SSSR count). The summed E-state index contributed by atoms with van der Waals surface area (Å²) in [6.45, 7) is 12.8. The topological polar surface area (TPSA) is 72.0 Å². The number of nitrogens with zero attached hydrogens (tertiary/aromatic N) is 3. The number of hydrogen-bond donors (Lipinski definition) is 3. The lowest BCUT2D eigenvalue weighted by molar-refractivity contribution is -0.121. The van der Waals surface area contributed by atoms with Crippen LogP contribution in [0.5, 0.6) is 0 Å². The number of halogens is 1. The summed E-state index contributed by atoms with van der Waals surface area (Å²) in [6.07, 6.45) is 0. The van der Waals surface area contributed by atoms with E-state index in [0.29, 0.717) is 12.0 Å². The summed E-state index contributed by atoms with van der Waals surface area (Å²) in [5, 5.41) is 9.33. The highest BCUT2D eigenvalue weighted by atomic mass is 127. The Morgan fingerprint density at radius 2 is 1.83 bits per heavy atom. The number of carbonyl (C=O) groups is 1. The van der Waals surface area contributed by atoms with Crippen molar-refractivity contribution in [2.24, 2.45) is 4.99 Å². The van der Waals surface area contributed by atoms with E-state index in [9.17, 15) is 4.79 Å². The molecule has 3 aliphatic heterocycles. The minimum absolute atomic E-state index is 0. The van der Waals surface area contributed by atoms with Gasteiger partial charge in [0.15, 0.2) is 5.96 Å². The van der Waals surface area contributed by atoms with E-state index in [2.05, 4.69) is 30.7 Å². The van der Waals surface area contributed by atoms with E-state index >= 15 is 0 Å². The van der Waals surface area contributed by atoms with Crippen molar-refractivity contribution in [1.82, 2.24) is 25.8 Å². The Balaban J connectivity index is 0.00000264. The number of amides is 1. The average Bonchev–Trinajstić information content (AvgIpc) is 2.47. The van der Waals surface area contributed by atoms with Gasteiger partial charge < -0.3 is 16.0 Å². The van der Waals surface area contributed by atoms with Crippen LogP contribution in [0.15, 0.2) is 4.99 Å². The second-order valence-electron chi connectivity index (χ2n) is 7.10. The molecule has 8 heteroatoms. The molecule has 3 aliphatic rings. The molecule has 0 aromatic rings. The number of aliphatic imine (C=N–C) groups is 1. The van der Waals surface area contributed by atoms with E-state index in [0.717, 1.165) is 26.2 Å². The molecule has 3 heterocycles. The first-order valence-electron chi connectivity index (χ1n) is 8.09. The highest BCUT2D eigenvalue weighted by molar-refractivity contribution is 14.0. The summed E-state index contributed by atoms with van der Waals surface area (Å²) in [5.41, 5.74) is -0.210. The van der Waals surface area contributed by atoms with Crippen LogP contribution in [-0.2, 0) is 4.79 Å². The Hall–Kier alpha value is -0.610. The van der Waals surface area contributed by atoms with E-state index in [-0.39, 0.29) is 42.0 Å². The third-order valence-corrected chi connectivity index (χ3v) is 4.05. The van der Waals surface area contributed by atoms with Crippen molar-refractivity contribution in [3.8, 4) is 0 Å². The molecule has 3 saturated heterocycles. The molecular weight excluding hydrogens is 407 g/mol. The van der Waals surface area contributed by atoms with E-state index < -0.39 is 0 Å². The number of carbonyl (C=O) groups excluding carboxylic acids is 1. The van der Waals surface area contributed by atoms with Crippen LogP contribution in [0.4, 0.5) is 0 Å². The molecule has 1 unspecified atom stereocenters. The van der Waals surface area contributed by atoms with Crippen LogP contribution in [0.1, 0.15) is 20.8 Å². The third kappa shape index (κ3) is 6.80. The molecule has 134 valence electrons. The van der Waals surface area contributed by atoms with Crippen LogP contribution in [0, 0.1) is 0 Å². The van der Waals surface area contributed by atoms with Gasteiger partial charge in [-0.15, -0.1) is 24.0 Å². The van der Waals surface area contributed by atoms with Gasteiger partial charge >= 0.3 is 0 Å². The van der Waals surface area contributed by atoms with E-state index in [4.69, 9.17) is 0 Å². The van der Waals surface area contributed by atoms with Gasteiger partial charge in [-0.1, -0.05) is 0 Å². The van der Waals surface area contributed by atoms with E-state index in [1.54, 1.807) is 7.05 Å². The predicted octanol–water partition coefficient (Wildman–Crippen LogP) is -0.316. The lowest BCUT2D eigenvalue weighted by atomic mass is 10.1. The molecule has 0 aliphatic carbocycles. The second kappa shape index (κ2) is 9.03. The quantitative estimate of drug-likeness (QED) is 0.319. The van der Waals surface area contributed by atoms with Crippen LogP contribution in [0.2, 0.25) is 0 Å². The maximum Gasteiger partial charge on any atom is 0.239 e. The minimum atomic E-state index is -0.210. The lowest BCUT2D eigenvalue weighted by Gasteiger charge is -2.47. The first-order chi connectivity index (χ1) is 10.4. The maximum atomic E-state index is 11.8. The molecule has 0 spiro atoms. The molecule has 0 radical (unpaired) electrons. The molecular formula is C15H31IN6O. The fourth-order valence-electron chi connectivity index (χ4n) is 2.98. The number of rotatable bonds is 4. The first kappa shape index (κ1) is 20.4. The van der Waals surface area contributed by atoms with Gasteiger partial charge in [-0.2, -0.15) is 0 Å². The average molecular weight is 438 g/mol. The smallest absolute Gasteiger partial charge is 0.239 e. The van der Waals surface area contributed by atoms with Crippen molar-refractivity contribution >= 4 is 35.8 Å². The van der Waals surface area contributed by atoms with Crippen molar-refractivity contribution in [2.45, 2.75) is 32.4 Å². The van der Waals surface area contributed by atoms with Gasteiger partial charge in [0.25, 0.3) is 0 Å². The molecule has 3 fully saturated rings. The summed E-state index contributed by atoms with van der Waals surface area (Å²) in [7, 11) is 1.73. The summed E-state index contributed by atoms with van der Waals surface area (Å²) in [4.78, 5) is 21.1. The molecule has 2 bridgehead atoms. The molecule has 0 aromatic carbocycles. The first-order valence-corrected chi connectivity index (χ1v) is 8.09. The van der Waals surface area contributed by atoms with Gasteiger partial charge in [0.1, 0.15) is 0 Å². The largest absolute Gasteiger partial charge is 0.355 e. The number of guanidine groups is 1. The zero-order valence-electron chi connectivity index (χ0n) is 14.7. The SMILES string of the molecule is CN=C(NCC(=O)NC(C)(C)C)NCC1CN2CCN1CC2.I. The van der Waals surface area contributed by atoms with Gasteiger partial charge in [-0.05, 0) is 20.8 Å². The molecule has 0 aromatic heterocycles. The van der Waals surface area contributed by atoms with Crippen LogP contribution < -0.4 is 16.0 Å². The Morgan fingerprint density at radius 3 is 2.30 bits per heavy atom. The van der Waals surface area contributed by atoms with Crippen molar-refractivity contribution < 1.29 is 4.79 Å². The highest BCUT2D eigenvalue weighted by Gasteiger charge is 2.31. The van der Waals surface area contributed by atoms with Gasteiger partial charge in [0.2, 0.25) is 5.91 Å². The molecule has 7 nitrogen and oxygen atoms in total. The van der Waals surface area contributed by atoms with Crippen molar-refractivity contribution in [3.05, 3.63) is 0 Å². The predicted molar refractivity (Wildman–Crippen MR) is 104 cm³/mol. The van der Waals surface area contributed by atoms with E-state index in [1.165, 1.54) is 13.1 Å². The standard InChI is InChI=1S/C15H30N6O.HI/c1-15(2,3)19-13(22)10-18-14(16-4)17-9-12-11-20-5-7-21(12)8-6-20;/h12H,5-11H2,1-4H3,(H,19,22)(H2,16,17,18);1H. The van der Waals surface area contributed by atoms with Gasteiger partial charge in [0.05, 0.1) is 6.54 Å². The number of piperazine rings is 3. The Kier molecular flexibility index (Phi) is 8.02. The van der Waals surface area contributed by atoms with Crippen molar-refractivity contribution in [1.29, 1.82) is 0 Å². The Labute approximate surface area is 156 Å². The van der Waals surface area contributed by atoms with Crippen molar-refractivity contribution in [3.63, 3.8) is 0 Å². The number of fused-ring (bicyclic) bond motifs is 3. The molecule has 0 saturated carbocycles. The van der Waals surface area contributed by atoms with Gasteiger partial charge in [-0.25, -0.2) is 0 Å². The lowest BCUT2D eigenvalue weighted by Crippen LogP contribution is -2.64. The molecule has 3 N–H and O–H groups in total. The van der Waals surface area contributed by atoms with Crippen LogP contribution in [-0.4, -0.2) is 86.1 Å². The van der Waals surface area contributed by atoms with Crippen molar-refractivity contribution in [2.75, 3.05) is 52.9 Å². The molecule has 1 atom stereocenters. The van der Waals surface area contributed by atoms with Crippen LogP contribution in [0.3, 0.4) is 0 Å². The summed E-state index contributed by atoms with van der Waals surface area (Å²) >= 11 is 0. The van der Waals surface area contributed by atoms with Crippen LogP contribution in [0.25, 0.3) is 0 Å². The van der Waals surface area contributed by atoms with Crippen LogP contribution >= 0.6 is 24.0 Å². The fourth-order valence-corrected chi connectivity index (χ4v) is 2.98. The number of hydrogen-bond acceptors (Lipinski definition) is 4. The maximum absolute atomic E-state index is 11.8. The van der Waals surface area contributed by atoms with E-state index in [1.807, 2.05) is 20.8 Å². The fraction of sp³-hybridized carbons (Fsp3) is 0.867. The normalized spacial score (nSPS) is 27.1. The highest BCUT2D eigenvalue weighted by Crippen LogP contribution is 2.14. The minimum Gasteiger partial charge on any atom is -0.355 e. The molecule has 1 amide bonds. The Morgan fingerprint density at radius 1 is 1.17 bits per heavy atom. The molecule has 23 heavy (non-hydrogen) atoms. The third-order valence-electron chi connectivity index (χ3n) is 4.05. The second-order valence-corrected chi connectivity index (χ2v) is 7.10. The number of nitrogens with one attached hydrogen (secondary N) is 3. The van der Waals surface area contributed by atoms with Gasteiger partial charge in [-0.3, -0.25) is 19.6 Å². The summed E-state index contributed by atoms with van der Waals surface area (Å²) < 4.78 is 0. The summed E-state index contributed by atoms with van der Waals surface area (Å²) in [6, 6.07) is 0.532. The summed E-state index contributed by atoms with van der Waals surface area (Å²) in [5.74, 6) is 0.656. The monoisotopic (exact) mass is 438 g/mol. The Bertz CT molecular complexity index is 415. The zero-order valence-corrected chi connectivity index (χ0v) is 17.0. The van der Waals surface area contributed by atoms with Gasteiger partial charge in [0, 0.05) is 57.9 Å².